The molecule has 156 valence electrons. The predicted octanol–water partition coefficient (Wildman–Crippen LogP) is 1.97. The van der Waals surface area contributed by atoms with Crippen molar-refractivity contribution in [1.82, 2.24) is 14.7 Å². The highest BCUT2D eigenvalue weighted by atomic mass is 32.2. The summed E-state index contributed by atoms with van der Waals surface area (Å²) in [5, 5.41) is 9.75. The van der Waals surface area contributed by atoms with Gasteiger partial charge in [-0.15, -0.1) is 0 Å². The highest BCUT2D eigenvalue weighted by molar-refractivity contribution is 7.89. The second-order valence-electron chi connectivity index (χ2n) is 7.14. The van der Waals surface area contributed by atoms with Gasteiger partial charge in [0.1, 0.15) is 0 Å². The van der Waals surface area contributed by atoms with Gasteiger partial charge in [-0.05, 0) is 37.3 Å². The summed E-state index contributed by atoms with van der Waals surface area (Å²) >= 11 is 0. The third kappa shape index (κ3) is 4.13. The Kier molecular flexibility index (Phi) is 5.42. The Morgan fingerprint density at radius 3 is 2.27 bits per heavy atom. The van der Waals surface area contributed by atoms with Crippen LogP contribution in [0.15, 0.2) is 59.5 Å². The van der Waals surface area contributed by atoms with Gasteiger partial charge in [0.2, 0.25) is 10.0 Å². The molecule has 0 aliphatic carbocycles. The van der Waals surface area contributed by atoms with Crippen LogP contribution in [0.1, 0.15) is 16.1 Å². The lowest BCUT2D eigenvalue weighted by Gasteiger charge is -2.25. The van der Waals surface area contributed by atoms with E-state index in [-0.39, 0.29) is 10.8 Å². The van der Waals surface area contributed by atoms with Crippen LogP contribution < -0.4 is 5.14 Å². The van der Waals surface area contributed by atoms with Crippen LogP contribution in [0.25, 0.3) is 16.9 Å². The molecule has 0 unspecified atom stereocenters. The number of sulfonamides is 1. The van der Waals surface area contributed by atoms with Crippen LogP contribution in [0, 0.1) is 6.92 Å². The first kappa shape index (κ1) is 20.3. The number of nitrogens with two attached hydrogens (primary N) is 1. The third-order valence-corrected chi connectivity index (χ3v) is 5.91. The van der Waals surface area contributed by atoms with E-state index in [0.29, 0.717) is 37.7 Å². The molecule has 1 amide bonds. The van der Waals surface area contributed by atoms with E-state index in [9.17, 15) is 13.2 Å². The highest BCUT2D eigenvalue weighted by Gasteiger charge is 2.23. The van der Waals surface area contributed by atoms with Crippen molar-refractivity contribution in [3.8, 4) is 16.9 Å². The molecule has 1 fully saturated rings. The van der Waals surface area contributed by atoms with Gasteiger partial charge in [-0.2, -0.15) is 5.10 Å². The van der Waals surface area contributed by atoms with Crippen molar-refractivity contribution in [2.24, 2.45) is 5.14 Å². The molecule has 4 rings (SSSR count). The van der Waals surface area contributed by atoms with Crippen LogP contribution in [-0.2, 0) is 14.8 Å². The number of nitrogens with zero attached hydrogens (tertiary/aromatic N) is 3. The average Bonchev–Trinajstić information content (AvgIpc) is 3.19. The Hall–Kier alpha value is -3.01. The van der Waals surface area contributed by atoms with Gasteiger partial charge in [-0.3, -0.25) is 4.79 Å². The number of aromatic nitrogens is 2. The molecule has 1 saturated heterocycles. The van der Waals surface area contributed by atoms with Crippen LogP contribution in [0.4, 0.5) is 0 Å². The largest absolute Gasteiger partial charge is 0.378 e. The van der Waals surface area contributed by atoms with Gasteiger partial charge in [0.25, 0.3) is 5.91 Å². The number of primary sulfonamides is 1. The van der Waals surface area contributed by atoms with Crippen LogP contribution in [0.2, 0.25) is 0 Å². The van der Waals surface area contributed by atoms with Crippen LogP contribution in [0.5, 0.6) is 0 Å². The summed E-state index contributed by atoms with van der Waals surface area (Å²) in [6, 6.07) is 15.7. The van der Waals surface area contributed by atoms with Crippen molar-refractivity contribution < 1.29 is 17.9 Å². The van der Waals surface area contributed by atoms with E-state index in [4.69, 9.17) is 9.88 Å². The quantitative estimate of drug-likeness (QED) is 0.686. The second kappa shape index (κ2) is 8.02. The first-order chi connectivity index (χ1) is 14.3. The standard InChI is InChI=1S/C21H22N4O4S/c1-15-2-4-16(5-3-15)20-14-19(21(26)24-10-12-29-13-11-24)23-25(20)17-6-8-18(9-7-17)30(22,27)28/h2-9,14H,10-13H2,1H3,(H2,22,27,28). The molecule has 1 aliphatic rings. The molecule has 0 saturated carbocycles. The van der Waals surface area contributed by atoms with Gasteiger partial charge >= 0.3 is 0 Å². The first-order valence-corrected chi connectivity index (χ1v) is 11.0. The lowest BCUT2D eigenvalue weighted by atomic mass is 10.1. The Balaban J connectivity index is 1.78. The van der Waals surface area contributed by atoms with E-state index in [2.05, 4.69) is 5.10 Å². The average molecular weight is 426 g/mol. The molecule has 2 heterocycles. The molecular formula is C21H22N4O4S. The second-order valence-corrected chi connectivity index (χ2v) is 8.70. The number of amides is 1. The van der Waals surface area contributed by atoms with Crippen molar-refractivity contribution in [2.45, 2.75) is 11.8 Å². The van der Waals surface area contributed by atoms with Crippen molar-refractivity contribution in [3.05, 3.63) is 65.9 Å². The van der Waals surface area contributed by atoms with E-state index < -0.39 is 10.0 Å². The van der Waals surface area contributed by atoms with E-state index >= 15 is 0 Å². The van der Waals surface area contributed by atoms with E-state index in [1.54, 1.807) is 27.8 Å². The van der Waals surface area contributed by atoms with E-state index in [1.165, 1.54) is 12.1 Å². The van der Waals surface area contributed by atoms with E-state index in [1.807, 2.05) is 31.2 Å². The fourth-order valence-corrected chi connectivity index (χ4v) is 3.83. The number of carbonyl (C=O) groups is 1. The zero-order valence-corrected chi connectivity index (χ0v) is 17.3. The summed E-state index contributed by atoms with van der Waals surface area (Å²) in [6.45, 7) is 4.06. The number of benzene rings is 2. The maximum Gasteiger partial charge on any atom is 0.274 e. The zero-order valence-electron chi connectivity index (χ0n) is 16.5. The SMILES string of the molecule is Cc1ccc(-c2cc(C(=O)N3CCOCC3)nn2-c2ccc(S(N)(=O)=O)cc2)cc1. The summed E-state index contributed by atoms with van der Waals surface area (Å²) in [4.78, 5) is 14.7. The van der Waals surface area contributed by atoms with Gasteiger partial charge in [-0.25, -0.2) is 18.2 Å². The maximum absolute atomic E-state index is 13.0. The highest BCUT2D eigenvalue weighted by Crippen LogP contribution is 2.26. The molecule has 0 atom stereocenters. The van der Waals surface area contributed by atoms with Crippen LogP contribution >= 0.6 is 0 Å². The fraction of sp³-hybridized carbons (Fsp3) is 0.238. The molecule has 0 bridgehead atoms. The van der Waals surface area contributed by atoms with Crippen molar-refractivity contribution in [1.29, 1.82) is 0 Å². The Bertz CT molecular complexity index is 1160. The molecule has 9 heteroatoms. The third-order valence-electron chi connectivity index (χ3n) is 4.98. The predicted molar refractivity (Wildman–Crippen MR) is 112 cm³/mol. The Morgan fingerprint density at radius 1 is 1.03 bits per heavy atom. The molecule has 2 aromatic carbocycles. The van der Waals surface area contributed by atoms with Crippen LogP contribution in [0.3, 0.4) is 0 Å². The molecule has 0 radical (unpaired) electrons. The number of hydrogen-bond donors (Lipinski definition) is 1. The van der Waals surface area contributed by atoms with Gasteiger partial charge < -0.3 is 9.64 Å². The minimum absolute atomic E-state index is 0.0138. The molecule has 3 aromatic rings. The summed E-state index contributed by atoms with van der Waals surface area (Å²) in [5.41, 5.74) is 3.69. The molecule has 1 aliphatic heterocycles. The van der Waals surface area contributed by atoms with Crippen molar-refractivity contribution in [2.75, 3.05) is 26.3 Å². The van der Waals surface area contributed by atoms with Gasteiger partial charge in [-0.1, -0.05) is 29.8 Å². The first-order valence-electron chi connectivity index (χ1n) is 9.50. The number of aryl methyl sites for hydroxylation is 1. The number of hydrogen-bond acceptors (Lipinski definition) is 5. The summed E-state index contributed by atoms with van der Waals surface area (Å²) in [7, 11) is -3.79. The minimum Gasteiger partial charge on any atom is -0.378 e. The molecule has 1 aromatic heterocycles. The molecule has 0 spiro atoms. The van der Waals surface area contributed by atoms with E-state index in [0.717, 1.165) is 16.8 Å². The summed E-state index contributed by atoms with van der Waals surface area (Å²) in [6.07, 6.45) is 0. The monoisotopic (exact) mass is 426 g/mol. The number of carbonyl (C=O) groups excluding carboxylic acids is 1. The number of morpholine rings is 1. The lowest BCUT2D eigenvalue weighted by Crippen LogP contribution is -2.40. The smallest absolute Gasteiger partial charge is 0.274 e. The Morgan fingerprint density at radius 2 is 1.67 bits per heavy atom. The zero-order chi connectivity index (χ0) is 21.3. The number of rotatable bonds is 4. The molecule has 2 N–H and O–H groups in total. The van der Waals surface area contributed by atoms with Gasteiger partial charge in [0.15, 0.2) is 5.69 Å². The van der Waals surface area contributed by atoms with Crippen molar-refractivity contribution >= 4 is 15.9 Å². The summed E-state index contributed by atoms with van der Waals surface area (Å²) < 4.78 is 30.1. The Labute approximate surface area is 174 Å². The maximum atomic E-state index is 13.0. The fourth-order valence-electron chi connectivity index (χ4n) is 3.32. The topological polar surface area (TPSA) is 108 Å². The molecule has 8 nitrogen and oxygen atoms in total. The van der Waals surface area contributed by atoms with Gasteiger partial charge in [0.05, 0.1) is 29.5 Å². The lowest BCUT2D eigenvalue weighted by molar-refractivity contribution is 0.0298. The van der Waals surface area contributed by atoms with Gasteiger partial charge in [0, 0.05) is 18.7 Å². The van der Waals surface area contributed by atoms with Crippen LogP contribution in [-0.4, -0.2) is 55.3 Å². The minimum atomic E-state index is -3.79. The normalized spacial score (nSPS) is 14.7. The van der Waals surface area contributed by atoms with Crippen molar-refractivity contribution in [3.63, 3.8) is 0 Å². The molecular weight excluding hydrogens is 404 g/mol. The molecule has 30 heavy (non-hydrogen) atoms. The summed E-state index contributed by atoms with van der Waals surface area (Å²) in [5.74, 6) is -0.161. The number of ether oxygens (including phenoxy) is 1.